The van der Waals surface area contributed by atoms with E-state index in [1.165, 1.54) is 6.20 Å². The minimum Gasteiger partial charge on any atom is -0.384 e. The van der Waals surface area contributed by atoms with Crippen molar-refractivity contribution in [3.63, 3.8) is 0 Å². The number of rotatable bonds is 2. The Bertz CT molecular complexity index is 490. The fraction of sp³-hybridized carbons (Fsp3) is 0. The van der Waals surface area contributed by atoms with Crippen LogP contribution in [-0.2, 0) is 0 Å². The van der Waals surface area contributed by atoms with Gasteiger partial charge in [-0.05, 0) is 12.1 Å². The van der Waals surface area contributed by atoms with Gasteiger partial charge in [-0.3, -0.25) is 4.79 Å². The van der Waals surface area contributed by atoms with Crippen molar-refractivity contribution >= 4 is 11.7 Å². The first-order valence-electron chi connectivity index (χ1n) is 4.02. The third-order valence-electron chi connectivity index (χ3n) is 1.68. The summed E-state index contributed by atoms with van der Waals surface area (Å²) in [5.74, 6) is -0.347. The average Bonchev–Trinajstić information content (AvgIpc) is 2.68. The summed E-state index contributed by atoms with van der Waals surface area (Å²) >= 11 is 0. The second-order valence-corrected chi connectivity index (χ2v) is 2.76. The molecule has 76 valence electrons. The molecule has 0 saturated heterocycles. The molecule has 15 heavy (non-hydrogen) atoms. The fourth-order valence-corrected chi connectivity index (χ4v) is 0.973. The number of nitrogens with zero attached hydrogens (tertiary/aromatic N) is 3. The van der Waals surface area contributed by atoms with E-state index in [1.807, 2.05) is 0 Å². The lowest BCUT2D eigenvalue weighted by Gasteiger charge is -1.93. The van der Waals surface area contributed by atoms with Crippen molar-refractivity contribution in [2.45, 2.75) is 0 Å². The normalized spacial score (nSPS) is 10.1. The molecule has 0 spiro atoms. The molecule has 0 aromatic carbocycles. The van der Waals surface area contributed by atoms with Crippen LogP contribution in [0.15, 0.2) is 22.9 Å². The maximum absolute atomic E-state index is 10.7. The van der Waals surface area contributed by atoms with Crippen LogP contribution in [-0.4, -0.2) is 21.0 Å². The Hall–Kier alpha value is -2.44. The first-order chi connectivity index (χ1) is 7.16. The number of amides is 1. The largest absolute Gasteiger partial charge is 0.384 e. The van der Waals surface area contributed by atoms with Crippen LogP contribution < -0.4 is 11.5 Å². The van der Waals surface area contributed by atoms with Crippen molar-refractivity contribution in [3.05, 3.63) is 24.2 Å². The Morgan fingerprint density at radius 3 is 2.73 bits per heavy atom. The Labute approximate surface area is 84.1 Å². The molecule has 0 saturated carbocycles. The summed E-state index contributed by atoms with van der Waals surface area (Å²) in [6.45, 7) is 0. The van der Waals surface area contributed by atoms with Crippen LogP contribution in [0.1, 0.15) is 10.6 Å². The van der Waals surface area contributed by atoms with Gasteiger partial charge in [-0.25, -0.2) is 4.98 Å². The van der Waals surface area contributed by atoms with Gasteiger partial charge in [0.2, 0.25) is 0 Å². The molecule has 7 heteroatoms. The van der Waals surface area contributed by atoms with Crippen LogP contribution in [0.2, 0.25) is 0 Å². The minimum atomic E-state index is -0.742. The van der Waals surface area contributed by atoms with E-state index >= 15 is 0 Å². The molecule has 2 rings (SSSR count). The fourth-order valence-electron chi connectivity index (χ4n) is 0.973. The lowest BCUT2D eigenvalue weighted by atomic mass is 10.3. The summed E-state index contributed by atoms with van der Waals surface area (Å²) in [6.07, 6.45) is 1.47. The van der Waals surface area contributed by atoms with Crippen LogP contribution >= 0.6 is 0 Å². The monoisotopic (exact) mass is 205 g/mol. The van der Waals surface area contributed by atoms with Crippen LogP contribution in [0, 0.1) is 0 Å². The number of hydrogen-bond acceptors (Lipinski definition) is 6. The molecule has 2 heterocycles. The quantitative estimate of drug-likeness (QED) is 0.700. The van der Waals surface area contributed by atoms with E-state index in [0.717, 1.165) is 0 Å². The zero-order valence-electron chi connectivity index (χ0n) is 7.54. The second-order valence-electron chi connectivity index (χ2n) is 2.76. The van der Waals surface area contributed by atoms with Crippen molar-refractivity contribution in [2.75, 3.05) is 5.73 Å². The maximum Gasteiger partial charge on any atom is 0.290 e. The highest BCUT2D eigenvalue weighted by Gasteiger charge is 2.12. The molecule has 0 fully saturated rings. The van der Waals surface area contributed by atoms with Gasteiger partial charge < -0.3 is 16.0 Å². The van der Waals surface area contributed by atoms with Gasteiger partial charge in [0.05, 0.1) is 5.56 Å². The van der Waals surface area contributed by atoms with Crippen molar-refractivity contribution in [3.8, 4) is 11.5 Å². The number of anilines is 1. The summed E-state index contributed by atoms with van der Waals surface area (Å²) < 4.78 is 4.81. The van der Waals surface area contributed by atoms with Gasteiger partial charge in [0.15, 0.2) is 0 Å². The number of pyridine rings is 1. The minimum absolute atomic E-state index is 0.165. The molecule has 1 amide bonds. The van der Waals surface area contributed by atoms with E-state index in [1.54, 1.807) is 12.1 Å². The second kappa shape index (κ2) is 3.37. The molecule has 7 nitrogen and oxygen atoms in total. The summed E-state index contributed by atoms with van der Waals surface area (Å²) in [6, 6.07) is 3.24. The van der Waals surface area contributed by atoms with Crippen molar-refractivity contribution in [2.24, 2.45) is 5.73 Å². The van der Waals surface area contributed by atoms with Gasteiger partial charge >= 0.3 is 0 Å². The highest BCUT2D eigenvalue weighted by atomic mass is 16.5. The number of hydrogen-bond donors (Lipinski definition) is 2. The topological polar surface area (TPSA) is 121 Å². The van der Waals surface area contributed by atoms with Crippen molar-refractivity contribution in [1.82, 2.24) is 15.1 Å². The smallest absolute Gasteiger partial charge is 0.290 e. The third kappa shape index (κ3) is 1.75. The van der Waals surface area contributed by atoms with Crippen LogP contribution in [0.25, 0.3) is 11.5 Å². The first-order valence-corrected chi connectivity index (χ1v) is 4.02. The molecular formula is C8H7N5O2. The van der Waals surface area contributed by atoms with Crippen LogP contribution in [0.4, 0.5) is 5.82 Å². The molecule has 0 unspecified atom stereocenters. The van der Waals surface area contributed by atoms with E-state index < -0.39 is 5.91 Å². The summed E-state index contributed by atoms with van der Waals surface area (Å²) in [5.41, 5.74) is 10.9. The lowest BCUT2D eigenvalue weighted by Crippen LogP contribution is -2.12. The van der Waals surface area contributed by atoms with E-state index in [2.05, 4.69) is 15.1 Å². The molecular weight excluding hydrogens is 198 g/mol. The van der Waals surface area contributed by atoms with Gasteiger partial charge in [0.25, 0.3) is 17.6 Å². The molecule has 2 aromatic rings. The Balaban J connectivity index is 2.37. The van der Waals surface area contributed by atoms with Crippen LogP contribution in [0.3, 0.4) is 0 Å². The van der Waals surface area contributed by atoms with Gasteiger partial charge in [0.1, 0.15) is 5.82 Å². The number of carbonyl (C=O) groups is 1. The molecule has 0 bridgehead atoms. The Morgan fingerprint density at radius 2 is 2.20 bits per heavy atom. The molecule has 0 aliphatic heterocycles. The Kier molecular flexibility index (Phi) is 2.05. The van der Waals surface area contributed by atoms with E-state index in [9.17, 15) is 4.79 Å². The predicted octanol–water partition coefficient (Wildman–Crippen LogP) is -0.187. The van der Waals surface area contributed by atoms with E-state index in [-0.39, 0.29) is 11.7 Å². The molecule has 0 radical (unpaired) electrons. The molecule has 0 aliphatic carbocycles. The standard InChI is InChI=1S/C8H7N5O2/c9-5-2-1-4(3-11-5)8-12-7(6(10)14)13-15-8/h1-3H,(H2,9,11)(H2,10,14). The number of nitrogen functional groups attached to an aromatic ring is 1. The van der Waals surface area contributed by atoms with Crippen molar-refractivity contribution < 1.29 is 9.32 Å². The average molecular weight is 205 g/mol. The Morgan fingerprint density at radius 1 is 1.40 bits per heavy atom. The van der Waals surface area contributed by atoms with Crippen molar-refractivity contribution in [1.29, 1.82) is 0 Å². The molecule has 0 atom stereocenters. The van der Waals surface area contributed by atoms with Gasteiger partial charge in [0, 0.05) is 6.20 Å². The predicted molar refractivity (Wildman–Crippen MR) is 50.5 cm³/mol. The van der Waals surface area contributed by atoms with E-state index in [4.69, 9.17) is 16.0 Å². The number of nitrogens with two attached hydrogens (primary N) is 2. The van der Waals surface area contributed by atoms with E-state index in [0.29, 0.717) is 11.4 Å². The highest BCUT2D eigenvalue weighted by molar-refractivity contribution is 5.88. The number of carbonyl (C=O) groups excluding carboxylic acids is 1. The lowest BCUT2D eigenvalue weighted by molar-refractivity contribution is 0.0987. The molecule has 2 aromatic heterocycles. The molecule has 0 aliphatic rings. The third-order valence-corrected chi connectivity index (χ3v) is 1.68. The number of primary amides is 1. The van der Waals surface area contributed by atoms with Gasteiger partial charge in [-0.15, -0.1) is 0 Å². The van der Waals surface area contributed by atoms with Gasteiger partial charge in [-0.2, -0.15) is 4.98 Å². The SMILES string of the molecule is NC(=O)c1noc(-c2ccc(N)nc2)n1. The number of aromatic nitrogens is 3. The zero-order valence-corrected chi connectivity index (χ0v) is 7.54. The van der Waals surface area contributed by atoms with Gasteiger partial charge in [-0.1, -0.05) is 5.16 Å². The summed E-state index contributed by atoms with van der Waals surface area (Å²) in [4.78, 5) is 18.3. The molecule has 4 N–H and O–H groups in total. The maximum atomic E-state index is 10.7. The highest BCUT2D eigenvalue weighted by Crippen LogP contribution is 2.16. The summed E-state index contributed by atoms with van der Waals surface area (Å²) in [7, 11) is 0. The zero-order chi connectivity index (χ0) is 10.8. The summed E-state index contributed by atoms with van der Waals surface area (Å²) in [5, 5.41) is 3.39. The van der Waals surface area contributed by atoms with Crippen LogP contribution in [0.5, 0.6) is 0 Å². The first kappa shape index (κ1) is 9.13.